The van der Waals surface area contributed by atoms with Crippen LogP contribution in [-0.2, 0) is 16.0 Å². The lowest BCUT2D eigenvalue weighted by Crippen LogP contribution is -2.44. The van der Waals surface area contributed by atoms with Gasteiger partial charge >= 0.3 is 0 Å². The van der Waals surface area contributed by atoms with E-state index in [4.69, 9.17) is 10.3 Å². The highest BCUT2D eigenvalue weighted by Gasteiger charge is 2.31. The minimum Gasteiger partial charge on any atom is -0.369 e. The zero-order valence-corrected chi connectivity index (χ0v) is 17.3. The van der Waals surface area contributed by atoms with Crippen LogP contribution in [0, 0.1) is 17.8 Å². The van der Waals surface area contributed by atoms with E-state index in [1.807, 2.05) is 41.3 Å². The number of carbonyl (C=O) groups excluding carboxylic acids is 2. The maximum Gasteiger partial charge on any atom is 0.222 e. The first-order chi connectivity index (χ1) is 14.6. The summed E-state index contributed by atoms with van der Waals surface area (Å²) in [6.45, 7) is 3.08. The summed E-state index contributed by atoms with van der Waals surface area (Å²) in [5, 5.41) is 7.73. The number of nitrogens with one attached hydrogen (secondary N) is 1. The summed E-state index contributed by atoms with van der Waals surface area (Å²) >= 11 is 0. The van der Waals surface area contributed by atoms with Crippen LogP contribution >= 0.6 is 0 Å². The van der Waals surface area contributed by atoms with E-state index in [0.29, 0.717) is 44.2 Å². The van der Waals surface area contributed by atoms with Gasteiger partial charge in [0.05, 0.1) is 5.69 Å². The number of benzene rings is 1. The monoisotopic (exact) mass is 410 g/mol. The average molecular weight is 411 g/mol. The van der Waals surface area contributed by atoms with Gasteiger partial charge in [0, 0.05) is 37.1 Å². The van der Waals surface area contributed by atoms with Gasteiger partial charge in [-0.15, -0.1) is 0 Å². The second-order valence-corrected chi connectivity index (χ2v) is 8.53. The Bertz CT molecular complexity index is 858. The Kier molecular flexibility index (Phi) is 6.47. The predicted octanol–water partition coefficient (Wildman–Crippen LogP) is 2.22. The van der Waals surface area contributed by atoms with Crippen molar-refractivity contribution in [1.29, 1.82) is 0 Å². The molecule has 2 aromatic rings. The van der Waals surface area contributed by atoms with Gasteiger partial charge in [0.25, 0.3) is 0 Å². The first-order valence-corrected chi connectivity index (χ1v) is 10.9. The molecule has 0 radical (unpaired) electrons. The molecule has 160 valence electrons. The topological polar surface area (TPSA) is 101 Å². The van der Waals surface area contributed by atoms with E-state index in [1.165, 1.54) is 0 Å². The number of carbonyl (C=O) groups is 2. The maximum atomic E-state index is 12.9. The molecule has 0 saturated carbocycles. The van der Waals surface area contributed by atoms with Crippen molar-refractivity contribution in [2.24, 2.45) is 23.5 Å². The molecule has 0 bridgehead atoms. The van der Waals surface area contributed by atoms with Crippen molar-refractivity contribution in [3.05, 3.63) is 42.1 Å². The molecule has 2 saturated heterocycles. The number of amides is 2. The minimum atomic E-state index is -0.247. The standard InChI is InChI=1S/C23H30N4O3/c24-23(29)17-7-10-27(11-8-17)22(28)13-18-6-9-25-15-19(18)12-20-14-21(30-26-20)16-4-2-1-3-5-16/h1-5,14,17-19,25H,6-13,15H2,(H2,24,29). The summed E-state index contributed by atoms with van der Waals surface area (Å²) in [7, 11) is 0. The van der Waals surface area contributed by atoms with Crippen molar-refractivity contribution < 1.29 is 14.1 Å². The second kappa shape index (κ2) is 9.43. The van der Waals surface area contributed by atoms with Crippen molar-refractivity contribution in [3.63, 3.8) is 0 Å². The number of piperidine rings is 2. The van der Waals surface area contributed by atoms with E-state index in [0.717, 1.165) is 42.9 Å². The molecule has 3 N–H and O–H groups in total. The predicted molar refractivity (Wildman–Crippen MR) is 113 cm³/mol. The third-order valence-corrected chi connectivity index (χ3v) is 6.54. The van der Waals surface area contributed by atoms with E-state index in [9.17, 15) is 9.59 Å². The Hall–Kier alpha value is -2.67. The van der Waals surface area contributed by atoms with Crippen LogP contribution in [0.25, 0.3) is 11.3 Å². The summed E-state index contributed by atoms with van der Waals surface area (Å²) in [5.41, 5.74) is 7.36. The fourth-order valence-corrected chi connectivity index (χ4v) is 4.67. The number of likely N-dealkylation sites (tertiary alicyclic amines) is 1. The van der Waals surface area contributed by atoms with Gasteiger partial charge in [-0.3, -0.25) is 9.59 Å². The Morgan fingerprint density at radius 3 is 2.63 bits per heavy atom. The van der Waals surface area contributed by atoms with Gasteiger partial charge in [0.1, 0.15) is 0 Å². The number of hydrogen-bond donors (Lipinski definition) is 2. The summed E-state index contributed by atoms with van der Waals surface area (Å²) in [6.07, 6.45) is 3.69. The third kappa shape index (κ3) is 4.90. The van der Waals surface area contributed by atoms with Crippen LogP contribution in [0.3, 0.4) is 0 Å². The molecule has 7 nitrogen and oxygen atoms in total. The lowest BCUT2D eigenvalue weighted by Gasteiger charge is -2.35. The quantitative estimate of drug-likeness (QED) is 0.760. The van der Waals surface area contributed by atoms with E-state index < -0.39 is 0 Å². The Balaban J connectivity index is 1.35. The lowest BCUT2D eigenvalue weighted by molar-refractivity contribution is -0.136. The SMILES string of the molecule is NC(=O)C1CCN(C(=O)CC2CCNCC2Cc2cc(-c3ccccc3)on2)CC1. The van der Waals surface area contributed by atoms with E-state index in [-0.39, 0.29) is 17.7 Å². The smallest absolute Gasteiger partial charge is 0.222 e. The Morgan fingerprint density at radius 1 is 1.13 bits per heavy atom. The van der Waals surface area contributed by atoms with Crippen LogP contribution in [0.5, 0.6) is 0 Å². The molecule has 2 aliphatic rings. The average Bonchev–Trinajstić information content (AvgIpc) is 3.24. The molecule has 0 spiro atoms. The molecule has 2 fully saturated rings. The number of rotatable bonds is 6. The number of hydrogen-bond acceptors (Lipinski definition) is 5. The van der Waals surface area contributed by atoms with Gasteiger partial charge < -0.3 is 20.5 Å². The van der Waals surface area contributed by atoms with Gasteiger partial charge in [0.2, 0.25) is 11.8 Å². The first-order valence-electron chi connectivity index (χ1n) is 10.9. The molecule has 7 heteroatoms. The fourth-order valence-electron chi connectivity index (χ4n) is 4.67. The highest BCUT2D eigenvalue weighted by Crippen LogP contribution is 2.29. The molecule has 2 amide bonds. The van der Waals surface area contributed by atoms with Crippen molar-refractivity contribution in [1.82, 2.24) is 15.4 Å². The van der Waals surface area contributed by atoms with Gasteiger partial charge in [0.15, 0.2) is 5.76 Å². The summed E-state index contributed by atoms with van der Waals surface area (Å²) < 4.78 is 5.55. The molecule has 30 heavy (non-hydrogen) atoms. The number of nitrogens with zero attached hydrogens (tertiary/aromatic N) is 2. The summed E-state index contributed by atoms with van der Waals surface area (Å²) in [6, 6.07) is 12.0. The zero-order valence-electron chi connectivity index (χ0n) is 17.3. The Labute approximate surface area is 177 Å². The molecule has 2 atom stereocenters. The molecule has 3 heterocycles. The van der Waals surface area contributed by atoms with E-state index in [1.54, 1.807) is 0 Å². The van der Waals surface area contributed by atoms with Gasteiger partial charge in [-0.05, 0) is 50.6 Å². The highest BCUT2D eigenvalue weighted by atomic mass is 16.5. The second-order valence-electron chi connectivity index (χ2n) is 8.53. The summed E-state index contributed by atoms with van der Waals surface area (Å²) in [4.78, 5) is 26.1. The van der Waals surface area contributed by atoms with Crippen LogP contribution in [0.1, 0.15) is 31.4 Å². The van der Waals surface area contributed by atoms with Crippen molar-refractivity contribution in [3.8, 4) is 11.3 Å². The van der Waals surface area contributed by atoms with Gasteiger partial charge in [-0.25, -0.2) is 0 Å². The van der Waals surface area contributed by atoms with Crippen molar-refractivity contribution in [2.75, 3.05) is 26.2 Å². The highest BCUT2D eigenvalue weighted by molar-refractivity contribution is 5.79. The zero-order chi connectivity index (χ0) is 20.9. The van der Waals surface area contributed by atoms with Crippen molar-refractivity contribution in [2.45, 2.75) is 32.1 Å². The van der Waals surface area contributed by atoms with E-state index >= 15 is 0 Å². The minimum absolute atomic E-state index is 0.0911. The number of nitrogens with two attached hydrogens (primary N) is 1. The maximum absolute atomic E-state index is 12.9. The lowest BCUT2D eigenvalue weighted by atomic mass is 9.80. The molecule has 2 aliphatic heterocycles. The molecular formula is C23H30N4O3. The summed E-state index contributed by atoms with van der Waals surface area (Å²) in [5.74, 6) is 1.30. The fraction of sp³-hybridized carbons (Fsp3) is 0.522. The molecule has 1 aromatic carbocycles. The number of primary amides is 1. The molecule has 1 aromatic heterocycles. The van der Waals surface area contributed by atoms with Gasteiger partial charge in [-0.2, -0.15) is 0 Å². The largest absolute Gasteiger partial charge is 0.369 e. The van der Waals surface area contributed by atoms with Crippen LogP contribution in [0.2, 0.25) is 0 Å². The van der Waals surface area contributed by atoms with Crippen LogP contribution in [0.4, 0.5) is 0 Å². The van der Waals surface area contributed by atoms with Crippen LogP contribution < -0.4 is 11.1 Å². The third-order valence-electron chi connectivity index (χ3n) is 6.54. The van der Waals surface area contributed by atoms with E-state index in [2.05, 4.69) is 10.5 Å². The van der Waals surface area contributed by atoms with Crippen molar-refractivity contribution >= 4 is 11.8 Å². The number of aromatic nitrogens is 1. The van der Waals surface area contributed by atoms with Gasteiger partial charge in [-0.1, -0.05) is 35.5 Å². The molecule has 0 aliphatic carbocycles. The normalized spacial score (nSPS) is 22.7. The first kappa shape index (κ1) is 20.6. The Morgan fingerprint density at radius 2 is 1.90 bits per heavy atom. The molecule has 4 rings (SSSR count). The van der Waals surface area contributed by atoms with Crippen LogP contribution in [-0.4, -0.2) is 48.0 Å². The molecular weight excluding hydrogens is 380 g/mol. The van der Waals surface area contributed by atoms with Crippen LogP contribution in [0.15, 0.2) is 40.9 Å². The molecule has 2 unspecified atom stereocenters.